The molecule has 0 N–H and O–H groups in total. The van der Waals surface area contributed by atoms with Crippen LogP contribution in [0.4, 0.5) is 0 Å². The molecular weight excluding hydrogens is 239 g/mol. The summed E-state index contributed by atoms with van der Waals surface area (Å²) in [6.45, 7) is 5.76. The van der Waals surface area contributed by atoms with Crippen molar-refractivity contribution in [3.63, 3.8) is 0 Å². The van der Waals surface area contributed by atoms with E-state index in [0.29, 0.717) is 12.8 Å². The Morgan fingerprint density at radius 3 is 2.00 bits per heavy atom. The first-order chi connectivity index (χ1) is 7.01. The molecule has 1 atom stereocenters. The Balaban J connectivity index is 4.81. The van der Waals surface area contributed by atoms with Gasteiger partial charge in [0.15, 0.2) is 0 Å². The SMILES string of the molecule is CCCC(C(=O)Cl)P(=O)(OCC)OCC. The van der Waals surface area contributed by atoms with E-state index >= 15 is 0 Å². The standard InChI is InChI=1S/C9H18ClO4P/c1-4-7-8(9(10)11)15(12,13-5-2)14-6-3/h8H,4-7H2,1-3H3. The summed E-state index contributed by atoms with van der Waals surface area (Å²) in [6, 6.07) is 0. The van der Waals surface area contributed by atoms with Crippen LogP contribution in [0.1, 0.15) is 33.6 Å². The van der Waals surface area contributed by atoms with Crippen LogP contribution in [0.2, 0.25) is 0 Å². The molecule has 0 aromatic heterocycles. The molecule has 0 aliphatic carbocycles. The number of carbonyl (C=O) groups excluding carboxylic acids is 1. The predicted octanol–water partition coefficient (Wildman–Crippen LogP) is 3.19. The lowest BCUT2D eigenvalue weighted by atomic mass is 10.3. The maximum Gasteiger partial charge on any atom is 0.342 e. The van der Waals surface area contributed by atoms with Crippen molar-refractivity contribution in [2.24, 2.45) is 0 Å². The Bertz CT molecular complexity index is 234. The highest BCUT2D eigenvalue weighted by Crippen LogP contribution is 2.55. The normalized spacial score (nSPS) is 13.9. The van der Waals surface area contributed by atoms with Gasteiger partial charge in [0.1, 0.15) is 5.66 Å². The highest BCUT2D eigenvalue weighted by atomic mass is 35.5. The van der Waals surface area contributed by atoms with Crippen molar-refractivity contribution in [1.82, 2.24) is 0 Å². The maximum atomic E-state index is 12.2. The first-order valence-electron chi connectivity index (χ1n) is 5.09. The fourth-order valence-corrected chi connectivity index (χ4v) is 3.69. The second-order valence-corrected chi connectivity index (χ2v) is 5.58. The first kappa shape index (κ1) is 15.1. The third-order valence-corrected chi connectivity index (χ3v) is 4.73. The minimum Gasteiger partial charge on any atom is -0.308 e. The van der Waals surface area contributed by atoms with Crippen molar-refractivity contribution in [3.8, 4) is 0 Å². The second-order valence-electron chi connectivity index (χ2n) is 2.98. The van der Waals surface area contributed by atoms with E-state index in [-0.39, 0.29) is 13.2 Å². The Morgan fingerprint density at radius 2 is 1.73 bits per heavy atom. The molecule has 0 aliphatic rings. The Hall–Kier alpha value is 0.110. The van der Waals surface area contributed by atoms with Crippen molar-refractivity contribution in [2.45, 2.75) is 39.3 Å². The molecule has 0 aliphatic heterocycles. The van der Waals surface area contributed by atoms with Crippen LogP contribution in [-0.4, -0.2) is 24.1 Å². The van der Waals surface area contributed by atoms with Gasteiger partial charge in [-0.05, 0) is 31.9 Å². The molecule has 0 heterocycles. The number of hydrogen-bond acceptors (Lipinski definition) is 4. The average Bonchev–Trinajstić information content (AvgIpc) is 2.14. The number of hydrogen-bond donors (Lipinski definition) is 0. The van der Waals surface area contributed by atoms with E-state index in [0.717, 1.165) is 0 Å². The summed E-state index contributed by atoms with van der Waals surface area (Å²) in [7, 11) is -3.38. The molecule has 0 saturated heterocycles. The van der Waals surface area contributed by atoms with Crippen molar-refractivity contribution in [3.05, 3.63) is 0 Å². The monoisotopic (exact) mass is 256 g/mol. The minimum atomic E-state index is -3.38. The van der Waals surface area contributed by atoms with Crippen molar-refractivity contribution in [2.75, 3.05) is 13.2 Å². The van der Waals surface area contributed by atoms with Crippen LogP contribution in [0.15, 0.2) is 0 Å². The summed E-state index contributed by atoms with van der Waals surface area (Å²) < 4.78 is 22.3. The molecule has 0 rings (SSSR count). The lowest BCUT2D eigenvalue weighted by Crippen LogP contribution is -2.19. The largest absolute Gasteiger partial charge is 0.342 e. The molecule has 0 aromatic carbocycles. The van der Waals surface area contributed by atoms with E-state index in [1.54, 1.807) is 13.8 Å². The van der Waals surface area contributed by atoms with Gasteiger partial charge in [0.2, 0.25) is 5.24 Å². The van der Waals surface area contributed by atoms with Crippen LogP contribution in [0.5, 0.6) is 0 Å². The molecule has 90 valence electrons. The molecule has 0 radical (unpaired) electrons. The van der Waals surface area contributed by atoms with Gasteiger partial charge < -0.3 is 9.05 Å². The molecule has 0 amide bonds. The van der Waals surface area contributed by atoms with E-state index in [1.807, 2.05) is 6.92 Å². The van der Waals surface area contributed by atoms with Gasteiger partial charge >= 0.3 is 7.60 Å². The molecule has 0 aromatic rings. The van der Waals surface area contributed by atoms with E-state index in [9.17, 15) is 9.36 Å². The summed E-state index contributed by atoms with van der Waals surface area (Å²) in [4.78, 5) is 11.2. The zero-order valence-corrected chi connectivity index (χ0v) is 11.0. The van der Waals surface area contributed by atoms with Crippen molar-refractivity contribution in [1.29, 1.82) is 0 Å². The van der Waals surface area contributed by atoms with Gasteiger partial charge in [-0.15, -0.1) is 0 Å². The van der Waals surface area contributed by atoms with Crippen molar-refractivity contribution >= 4 is 24.4 Å². The highest BCUT2D eigenvalue weighted by molar-refractivity contribution is 7.56. The van der Waals surface area contributed by atoms with Crippen LogP contribution >= 0.6 is 19.2 Å². The smallest absolute Gasteiger partial charge is 0.308 e. The summed E-state index contributed by atoms with van der Waals surface area (Å²) in [5.41, 5.74) is -0.843. The van der Waals surface area contributed by atoms with Crippen LogP contribution in [0.3, 0.4) is 0 Å². The summed E-state index contributed by atoms with van der Waals surface area (Å²) in [6.07, 6.45) is 1.12. The minimum absolute atomic E-state index is 0.238. The van der Waals surface area contributed by atoms with Crippen LogP contribution in [-0.2, 0) is 18.4 Å². The number of carbonyl (C=O) groups is 1. The van der Waals surface area contributed by atoms with Gasteiger partial charge in [0.25, 0.3) is 0 Å². The predicted molar refractivity (Wildman–Crippen MR) is 60.4 cm³/mol. The third kappa shape index (κ3) is 4.64. The van der Waals surface area contributed by atoms with Gasteiger partial charge in [0.05, 0.1) is 13.2 Å². The van der Waals surface area contributed by atoms with Gasteiger partial charge in [-0.3, -0.25) is 9.36 Å². The average molecular weight is 257 g/mol. The number of rotatable bonds is 8. The summed E-state index contributed by atoms with van der Waals surface area (Å²) in [5.74, 6) is 0. The van der Waals surface area contributed by atoms with Crippen LogP contribution in [0, 0.1) is 0 Å². The lowest BCUT2D eigenvalue weighted by molar-refractivity contribution is -0.111. The van der Waals surface area contributed by atoms with E-state index in [1.165, 1.54) is 0 Å². The zero-order chi connectivity index (χ0) is 11.9. The fraction of sp³-hybridized carbons (Fsp3) is 0.889. The zero-order valence-electron chi connectivity index (χ0n) is 9.36. The molecule has 0 spiro atoms. The molecule has 0 saturated carbocycles. The number of halogens is 1. The van der Waals surface area contributed by atoms with Crippen LogP contribution in [0.25, 0.3) is 0 Å². The quantitative estimate of drug-likeness (QED) is 0.494. The molecule has 4 nitrogen and oxygen atoms in total. The topological polar surface area (TPSA) is 52.6 Å². The first-order valence-corrected chi connectivity index (χ1v) is 7.08. The molecule has 1 unspecified atom stereocenters. The van der Waals surface area contributed by atoms with Gasteiger partial charge in [-0.2, -0.15) is 0 Å². The Morgan fingerprint density at radius 1 is 1.27 bits per heavy atom. The Labute approximate surface area is 95.8 Å². The van der Waals surface area contributed by atoms with E-state index in [2.05, 4.69) is 0 Å². The van der Waals surface area contributed by atoms with Gasteiger partial charge in [0, 0.05) is 0 Å². The van der Waals surface area contributed by atoms with Gasteiger partial charge in [-0.1, -0.05) is 13.3 Å². The van der Waals surface area contributed by atoms with E-state index in [4.69, 9.17) is 20.6 Å². The van der Waals surface area contributed by atoms with Crippen molar-refractivity contribution < 1.29 is 18.4 Å². The molecule has 15 heavy (non-hydrogen) atoms. The van der Waals surface area contributed by atoms with Gasteiger partial charge in [-0.25, -0.2) is 0 Å². The third-order valence-electron chi connectivity index (χ3n) is 1.82. The molecule has 0 bridgehead atoms. The molecule has 6 heteroatoms. The highest BCUT2D eigenvalue weighted by Gasteiger charge is 2.39. The Kier molecular flexibility index (Phi) is 7.45. The van der Waals surface area contributed by atoms with E-state index < -0.39 is 18.5 Å². The maximum absolute atomic E-state index is 12.2. The molecule has 0 fully saturated rings. The van der Waals surface area contributed by atoms with Crippen LogP contribution < -0.4 is 0 Å². The second kappa shape index (κ2) is 7.39. The summed E-state index contributed by atoms with van der Waals surface area (Å²) in [5, 5.41) is -0.651. The lowest BCUT2D eigenvalue weighted by Gasteiger charge is -2.23. The summed E-state index contributed by atoms with van der Waals surface area (Å²) >= 11 is 5.41. The fourth-order valence-electron chi connectivity index (χ4n) is 1.25. The molecular formula is C9H18ClO4P.